The van der Waals surface area contributed by atoms with Crippen LogP contribution in [0.15, 0.2) is 66.9 Å². The van der Waals surface area contributed by atoms with E-state index < -0.39 is 24.0 Å². The van der Waals surface area contributed by atoms with Crippen molar-refractivity contribution in [1.82, 2.24) is 4.98 Å². The molecule has 0 saturated heterocycles. The van der Waals surface area contributed by atoms with E-state index in [1.165, 1.54) is 32.4 Å². The summed E-state index contributed by atoms with van der Waals surface area (Å²) in [5.74, 6) is -1.77. The van der Waals surface area contributed by atoms with Gasteiger partial charge in [0.05, 0.1) is 13.0 Å². The largest absolute Gasteiger partial charge is 0.493 e. The quantitative estimate of drug-likeness (QED) is 0.198. The highest BCUT2D eigenvalue weighted by molar-refractivity contribution is 7.80. The topological polar surface area (TPSA) is 74.7 Å². The lowest BCUT2D eigenvalue weighted by molar-refractivity contribution is -0.153. The van der Waals surface area contributed by atoms with Gasteiger partial charge in [0.1, 0.15) is 17.6 Å². The lowest BCUT2D eigenvalue weighted by Crippen LogP contribution is -2.28. The van der Waals surface area contributed by atoms with Gasteiger partial charge in [-0.25, -0.2) is 4.39 Å². The lowest BCUT2D eigenvalue weighted by atomic mass is 9.87. The molecule has 3 rings (SSSR count). The van der Waals surface area contributed by atoms with E-state index in [1.54, 1.807) is 25.1 Å². The van der Waals surface area contributed by atoms with Gasteiger partial charge in [0.15, 0.2) is 11.5 Å². The van der Waals surface area contributed by atoms with Crippen molar-refractivity contribution in [2.24, 2.45) is 5.92 Å². The number of benzene rings is 2. The first-order valence-corrected chi connectivity index (χ1v) is 11.9. The summed E-state index contributed by atoms with van der Waals surface area (Å²) in [7, 11) is 1.45. The van der Waals surface area contributed by atoms with E-state index >= 15 is 0 Å². The molecule has 0 aliphatic carbocycles. The Hall–Kier alpha value is -3.65. The summed E-state index contributed by atoms with van der Waals surface area (Å²) in [6, 6.07) is 17.3. The molecular formula is C28H28FNO5S. The molecule has 0 fully saturated rings. The summed E-state index contributed by atoms with van der Waals surface area (Å²) >= 11 is 5.54. The highest BCUT2D eigenvalue weighted by Gasteiger charge is 2.28. The fraction of sp³-hybridized carbons (Fsp3) is 0.286. The maximum atomic E-state index is 13.5. The lowest BCUT2D eigenvalue weighted by Gasteiger charge is -2.26. The summed E-state index contributed by atoms with van der Waals surface area (Å²) in [5.41, 5.74) is 2.04. The second-order valence-electron chi connectivity index (χ2n) is 8.39. The van der Waals surface area contributed by atoms with Crippen LogP contribution in [0, 0.1) is 11.7 Å². The van der Waals surface area contributed by atoms with Gasteiger partial charge in [-0.3, -0.25) is 14.6 Å². The van der Waals surface area contributed by atoms with E-state index in [-0.39, 0.29) is 29.6 Å². The van der Waals surface area contributed by atoms with Crippen LogP contribution >= 0.6 is 12.2 Å². The third-order valence-electron chi connectivity index (χ3n) is 5.65. The predicted octanol–water partition coefficient (Wildman–Crippen LogP) is 5.66. The van der Waals surface area contributed by atoms with Crippen LogP contribution in [0.4, 0.5) is 4.39 Å². The van der Waals surface area contributed by atoms with E-state index in [2.05, 4.69) is 4.98 Å². The van der Waals surface area contributed by atoms with Crippen LogP contribution in [0.3, 0.4) is 0 Å². The Morgan fingerprint density at radius 3 is 2.25 bits per heavy atom. The number of halogens is 1. The molecule has 1 aromatic heterocycles. The van der Waals surface area contributed by atoms with Gasteiger partial charge in [-0.1, -0.05) is 61.6 Å². The molecule has 3 aromatic rings. The van der Waals surface area contributed by atoms with Gasteiger partial charge in [0.25, 0.3) is 0 Å². The van der Waals surface area contributed by atoms with Crippen molar-refractivity contribution in [2.45, 2.75) is 39.2 Å². The summed E-state index contributed by atoms with van der Waals surface area (Å²) in [6.07, 6.45) is 1.11. The highest BCUT2D eigenvalue weighted by atomic mass is 32.1. The minimum atomic E-state index is -0.595. The fourth-order valence-electron chi connectivity index (χ4n) is 3.92. The molecule has 0 saturated carbocycles. The molecule has 0 amide bonds. The Bertz CT molecular complexity index is 1220. The second-order valence-corrected chi connectivity index (χ2v) is 8.89. The van der Waals surface area contributed by atoms with E-state index in [0.29, 0.717) is 10.6 Å². The molecule has 188 valence electrons. The normalized spacial score (nSPS) is 13.2. The number of thiocarbonyl (C=S) groups is 1. The van der Waals surface area contributed by atoms with E-state index in [9.17, 15) is 14.0 Å². The van der Waals surface area contributed by atoms with Gasteiger partial charge in [-0.2, -0.15) is 0 Å². The zero-order valence-corrected chi connectivity index (χ0v) is 21.4. The summed E-state index contributed by atoms with van der Waals surface area (Å²) < 4.78 is 30.0. The van der Waals surface area contributed by atoms with Gasteiger partial charge in [-0.15, -0.1) is 0 Å². The van der Waals surface area contributed by atoms with E-state index in [1.807, 2.05) is 37.3 Å². The zero-order chi connectivity index (χ0) is 26.2. The number of esters is 2. The molecule has 2 aromatic carbocycles. The average Bonchev–Trinajstić information content (AvgIpc) is 2.85. The minimum absolute atomic E-state index is 0.117. The predicted molar refractivity (Wildman–Crippen MR) is 138 cm³/mol. The third kappa shape index (κ3) is 6.73. The Kier molecular flexibility index (Phi) is 9.25. The van der Waals surface area contributed by atoms with Crippen LogP contribution < -0.4 is 9.47 Å². The Balaban J connectivity index is 1.77. The first kappa shape index (κ1) is 26.9. The molecule has 36 heavy (non-hydrogen) atoms. The van der Waals surface area contributed by atoms with Gasteiger partial charge in [0.2, 0.25) is 0 Å². The molecule has 0 radical (unpaired) electrons. The summed E-state index contributed by atoms with van der Waals surface area (Å²) in [6.45, 7) is 4.79. The number of methoxy groups -OCH3 is 1. The van der Waals surface area contributed by atoms with Gasteiger partial charge >= 0.3 is 11.9 Å². The standard InChI is InChI=1S/C28H28FNO5S/c1-17(16-24(36)26-27(35-19(3)31)23(33-4)14-15-30-26)28(32)34-18(2)25(20-8-6-5-7-9-20)21-10-12-22(29)13-11-21/h5-15,17-18,25H,16H2,1-4H3/t17-,18+,25+/m1/s1. The second kappa shape index (κ2) is 12.4. The molecule has 3 atom stereocenters. The zero-order valence-electron chi connectivity index (χ0n) is 20.6. The molecule has 8 heteroatoms. The van der Waals surface area contributed by atoms with E-state index in [4.69, 9.17) is 26.4 Å². The number of rotatable bonds is 10. The number of carbonyl (C=O) groups is 2. The first-order valence-electron chi connectivity index (χ1n) is 11.5. The van der Waals surface area contributed by atoms with Crippen molar-refractivity contribution in [1.29, 1.82) is 0 Å². The first-order chi connectivity index (χ1) is 17.2. The molecule has 0 unspecified atom stereocenters. The van der Waals surface area contributed by atoms with Crippen molar-refractivity contribution in [2.75, 3.05) is 7.11 Å². The molecule has 0 spiro atoms. The number of ether oxygens (including phenoxy) is 3. The number of carbonyl (C=O) groups excluding carboxylic acids is 2. The highest BCUT2D eigenvalue weighted by Crippen LogP contribution is 2.33. The molecular weight excluding hydrogens is 481 g/mol. The van der Waals surface area contributed by atoms with Crippen molar-refractivity contribution >= 4 is 29.0 Å². The molecule has 0 aliphatic heterocycles. The molecule has 0 N–H and O–H groups in total. The number of pyridine rings is 1. The molecule has 0 aliphatic rings. The van der Waals surface area contributed by atoms with Crippen LogP contribution in [0.25, 0.3) is 0 Å². The fourth-order valence-corrected chi connectivity index (χ4v) is 4.32. The Morgan fingerprint density at radius 2 is 1.64 bits per heavy atom. The molecule has 1 heterocycles. The van der Waals surface area contributed by atoms with Crippen LogP contribution in [0.5, 0.6) is 11.5 Å². The maximum absolute atomic E-state index is 13.5. The third-order valence-corrected chi connectivity index (χ3v) is 6.01. The van der Waals surface area contributed by atoms with Crippen molar-refractivity contribution < 1.29 is 28.2 Å². The maximum Gasteiger partial charge on any atom is 0.309 e. The Labute approximate surface area is 215 Å². The smallest absolute Gasteiger partial charge is 0.309 e. The van der Waals surface area contributed by atoms with Crippen LogP contribution in [-0.4, -0.2) is 35.0 Å². The van der Waals surface area contributed by atoms with Crippen molar-refractivity contribution in [3.05, 3.63) is 89.5 Å². The van der Waals surface area contributed by atoms with Crippen molar-refractivity contribution in [3.63, 3.8) is 0 Å². The number of aromatic nitrogens is 1. The van der Waals surface area contributed by atoms with E-state index in [0.717, 1.165) is 11.1 Å². The summed E-state index contributed by atoms with van der Waals surface area (Å²) in [5, 5.41) is 0. The SMILES string of the molecule is COc1ccnc(C(=S)C[C@@H](C)C(=O)O[C@@H](C)[C@@H](c2ccccc2)c2ccc(F)cc2)c1OC(C)=O. The van der Waals surface area contributed by atoms with Crippen molar-refractivity contribution in [3.8, 4) is 11.5 Å². The molecule has 6 nitrogen and oxygen atoms in total. The average molecular weight is 510 g/mol. The number of nitrogens with zero attached hydrogens (tertiary/aromatic N) is 1. The monoisotopic (exact) mass is 509 g/mol. The number of hydrogen-bond donors (Lipinski definition) is 0. The van der Waals surface area contributed by atoms with Crippen LogP contribution in [-0.2, 0) is 14.3 Å². The molecule has 0 bridgehead atoms. The van der Waals surface area contributed by atoms with Gasteiger partial charge in [-0.05, 0) is 36.6 Å². The number of hydrogen-bond acceptors (Lipinski definition) is 7. The Morgan fingerprint density at radius 1 is 1.00 bits per heavy atom. The van der Waals surface area contributed by atoms with Crippen LogP contribution in [0.2, 0.25) is 0 Å². The van der Waals surface area contributed by atoms with Gasteiger partial charge in [0, 0.05) is 30.0 Å². The van der Waals surface area contributed by atoms with Gasteiger partial charge < -0.3 is 14.2 Å². The van der Waals surface area contributed by atoms with Crippen LogP contribution in [0.1, 0.15) is 49.9 Å². The minimum Gasteiger partial charge on any atom is -0.493 e. The summed E-state index contributed by atoms with van der Waals surface area (Å²) in [4.78, 5) is 29.2.